The maximum atomic E-state index is 12.9. The molecule has 1 aliphatic carbocycles. The van der Waals surface area contributed by atoms with Gasteiger partial charge in [0.1, 0.15) is 0 Å². The number of hydrogen-bond donors (Lipinski definition) is 2. The molecule has 1 amide bonds. The van der Waals surface area contributed by atoms with Crippen LogP contribution in [0.25, 0.3) is 0 Å². The van der Waals surface area contributed by atoms with Gasteiger partial charge in [-0.1, -0.05) is 12.8 Å². The number of benzene rings is 1. The van der Waals surface area contributed by atoms with Gasteiger partial charge in [0.2, 0.25) is 5.91 Å². The minimum Gasteiger partial charge on any atom is -0.389 e. The van der Waals surface area contributed by atoms with Gasteiger partial charge in [-0.25, -0.2) is 8.78 Å². The highest BCUT2D eigenvalue weighted by molar-refractivity contribution is 5.91. The average Bonchev–Trinajstić information content (AvgIpc) is 2.70. The summed E-state index contributed by atoms with van der Waals surface area (Å²) in [5.41, 5.74) is -0.747. The fourth-order valence-electron chi connectivity index (χ4n) is 2.29. The Morgan fingerprint density at radius 3 is 2.56 bits per heavy atom. The third-order valence-electron chi connectivity index (χ3n) is 3.23. The van der Waals surface area contributed by atoms with Crippen LogP contribution in [0.15, 0.2) is 18.2 Å². The van der Waals surface area contributed by atoms with Crippen molar-refractivity contribution in [1.29, 1.82) is 0 Å². The van der Waals surface area contributed by atoms with E-state index in [1.165, 1.54) is 6.07 Å². The Labute approximate surface area is 104 Å². The van der Waals surface area contributed by atoms with Crippen LogP contribution < -0.4 is 5.32 Å². The maximum absolute atomic E-state index is 12.9. The van der Waals surface area contributed by atoms with Gasteiger partial charge in [-0.05, 0) is 25.0 Å². The molecule has 0 atom stereocenters. The predicted molar refractivity (Wildman–Crippen MR) is 63.0 cm³/mol. The average molecular weight is 255 g/mol. The number of nitrogens with one attached hydrogen (secondary N) is 1. The van der Waals surface area contributed by atoms with Crippen LogP contribution in [0.5, 0.6) is 0 Å². The molecule has 0 aromatic heterocycles. The summed E-state index contributed by atoms with van der Waals surface area (Å²) in [6.45, 7) is 0. The van der Waals surface area contributed by atoms with Crippen LogP contribution in [0.4, 0.5) is 14.5 Å². The smallest absolute Gasteiger partial charge is 0.227 e. The Balaban J connectivity index is 1.96. The first-order valence-electron chi connectivity index (χ1n) is 5.96. The van der Waals surface area contributed by atoms with Gasteiger partial charge < -0.3 is 10.4 Å². The molecule has 0 saturated heterocycles. The second kappa shape index (κ2) is 5.02. The molecule has 1 fully saturated rings. The topological polar surface area (TPSA) is 49.3 Å². The minimum atomic E-state index is -1.01. The van der Waals surface area contributed by atoms with Crippen molar-refractivity contribution < 1.29 is 18.7 Å². The molecule has 98 valence electrons. The van der Waals surface area contributed by atoms with E-state index in [1.54, 1.807) is 0 Å². The van der Waals surface area contributed by atoms with Gasteiger partial charge in [0, 0.05) is 11.8 Å². The number of rotatable bonds is 3. The van der Waals surface area contributed by atoms with E-state index in [9.17, 15) is 18.7 Å². The van der Waals surface area contributed by atoms with Crippen molar-refractivity contribution in [3.63, 3.8) is 0 Å². The van der Waals surface area contributed by atoms with Crippen LogP contribution in [-0.4, -0.2) is 16.6 Å². The third kappa shape index (κ3) is 3.04. The van der Waals surface area contributed by atoms with E-state index in [2.05, 4.69) is 5.32 Å². The van der Waals surface area contributed by atoms with Crippen molar-refractivity contribution in [2.45, 2.75) is 37.7 Å². The van der Waals surface area contributed by atoms with Gasteiger partial charge in [0.25, 0.3) is 0 Å². The molecule has 5 heteroatoms. The van der Waals surface area contributed by atoms with Crippen molar-refractivity contribution in [3.05, 3.63) is 29.8 Å². The first kappa shape index (κ1) is 13.0. The molecule has 0 unspecified atom stereocenters. The third-order valence-corrected chi connectivity index (χ3v) is 3.23. The zero-order valence-corrected chi connectivity index (χ0v) is 9.88. The summed E-state index contributed by atoms with van der Waals surface area (Å²) in [5, 5.41) is 12.5. The van der Waals surface area contributed by atoms with Crippen LogP contribution in [0.3, 0.4) is 0 Å². The number of halogens is 2. The molecule has 0 heterocycles. The maximum Gasteiger partial charge on any atom is 0.227 e. The van der Waals surface area contributed by atoms with Gasteiger partial charge in [-0.15, -0.1) is 0 Å². The van der Waals surface area contributed by atoms with Gasteiger partial charge in [0.05, 0.1) is 12.0 Å². The Morgan fingerprint density at radius 2 is 1.94 bits per heavy atom. The van der Waals surface area contributed by atoms with Crippen molar-refractivity contribution in [1.82, 2.24) is 0 Å². The van der Waals surface area contributed by atoms with E-state index in [4.69, 9.17) is 0 Å². The lowest BCUT2D eigenvalue weighted by molar-refractivity contribution is -0.120. The van der Waals surface area contributed by atoms with Crippen LogP contribution in [0.1, 0.15) is 32.1 Å². The number of aliphatic hydroxyl groups is 1. The molecule has 2 rings (SSSR count). The Bertz CT molecular complexity index is 456. The lowest BCUT2D eigenvalue weighted by Gasteiger charge is -2.21. The van der Waals surface area contributed by atoms with Crippen molar-refractivity contribution in [3.8, 4) is 0 Å². The lowest BCUT2D eigenvalue weighted by atomic mass is 9.97. The summed E-state index contributed by atoms with van der Waals surface area (Å²) < 4.78 is 25.6. The molecule has 1 aromatic carbocycles. The molecular weight excluding hydrogens is 240 g/mol. The first-order valence-corrected chi connectivity index (χ1v) is 5.96. The zero-order chi connectivity index (χ0) is 13.2. The predicted octanol–water partition coefficient (Wildman–Crippen LogP) is 2.60. The molecule has 1 aliphatic rings. The Morgan fingerprint density at radius 1 is 1.28 bits per heavy atom. The van der Waals surface area contributed by atoms with E-state index < -0.39 is 17.2 Å². The first-order chi connectivity index (χ1) is 8.48. The van der Waals surface area contributed by atoms with Crippen LogP contribution in [0.2, 0.25) is 0 Å². The number of hydrogen-bond acceptors (Lipinski definition) is 2. The quantitative estimate of drug-likeness (QED) is 0.872. The van der Waals surface area contributed by atoms with E-state index in [0.717, 1.165) is 25.0 Å². The largest absolute Gasteiger partial charge is 0.389 e. The molecule has 2 N–H and O–H groups in total. The summed E-state index contributed by atoms with van der Waals surface area (Å²) in [7, 11) is 0. The van der Waals surface area contributed by atoms with E-state index >= 15 is 0 Å². The highest BCUT2D eigenvalue weighted by atomic mass is 19.2. The van der Waals surface area contributed by atoms with E-state index in [-0.39, 0.29) is 18.0 Å². The van der Waals surface area contributed by atoms with Gasteiger partial charge in [-0.3, -0.25) is 4.79 Å². The monoisotopic (exact) mass is 255 g/mol. The molecule has 1 saturated carbocycles. The Kier molecular flexibility index (Phi) is 3.61. The van der Waals surface area contributed by atoms with E-state index in [0.29, 0.717) is 12.8 Å². The van der Waals surface area contributed by atoms with Gasteiger partial charge >= 0.3 is 0 Å². The number of amides is 1. The van der Waals surface area contributed by atoms with Gasteiger partial charge in [-0.2, -0.15) is 0 Å². The lowest BCUT2D eigenvalue weighted by Crippen LogP contribution is -2.30. The summed E-state index contributed by atoms with van der Waals surface area (Å²) in [6.07, 6.45) is 3.03. The summed E-state index contributed by atoms with van der Waals surface area (Å²) in [4.78, 5) is 11.7. The number of carbonyl (C=O) groups is 1. The zero-order valence-electron chi connectivity index (χ0n) is 9.88. The number of anilines is 1. The fourth-order valence-corrected chi connectivity index (χ4v) is 2.29. The molecule has 18 heavy (non-hydrogen) atoms. The summed E-state index contributed by atoms with van der Waals surface area (Å²) in [5.74, 6) is -2.35. The standard InChI is InChI=1S/C13H15F2NO2/c14-10-4-3-9(7-11(10)15)16-12(17)8-13(18)5-1-2-6-13/h3-4,7,18H,1-2,5-6,8H2,(H,16,17). The molecule has 0 bridgehead atoms. The molecule has 0 radical (unpaired) electrons. The number of carbonyl (C=O) groups excluding carboxylic acids is 1. The highest BCUT2D eigenvalue weighted by Gasteiger charge is 2.33. The molecule has 0 spiro atoms. The SMILES string of the molecule is O=C(CC1(O)CCCC1)Nc1ccc(F)c(F)c1. The molecule has 0 aliphatic heterocycles. The van der Waals surface area contributed by atoms with Gasteiger partial charge in [0.15, 0.2) is 11.6 Å². The highest BCUT2D eigenvalue weighted by Crippen LogP contribution is 2.32. The summed E-state index contributed by atoms with van der Waals surface area (Å²) >= 11 is 0. The second-order valence-corrected chi connectivity index (χ2v) is 4.79. The second-order valence-electron chi connectivity index (χ2n) is 4.79. The summed E-state index contributed by atoms with van der Waals surface area (Å²) in [6, 6.07) is 3.16. The normalized spacial score (nSPS) is 17.7. The van der Waals surface area contributed by atoms with Crippen molar-refractivity contribution >= 4 is 11.6 Å². The Hall–Kier alpha value is -1.49. The minimum absolute atomic E-state index is 0.00794. The van der Waals surface area contributed by atoms with Crippen molar-refractivity contribution in [2.75, 3.05) is 5.32 Å². The molecule has 3 nitrogen and oxygen atoms in total. The van der Waals surface area contributed by atoms with Crippen LogP contribution in [-0.2, 0) is 4.79 Å². The molecule has 1 aromatic rings. The fraction of sp³-hybridized carbons (Fsp3) is 0.462. The van der Waals surface area contributed by atoms with E-state index in [1.807, 2.05) is 0 Å². The van der Waals surface area contributed by atoms with Crippen LogP contribution >= 0.6 is 0 Å². The van der Waals surface area contributed by atoms with Crippen molar-refractivity contribution in [2.24, 2.45) is 0 Å². The van der Waals surface area contributed by atoms with Crippen LogP contribution in [0, 0.1) is 11.6 Å². The molecular formula is C13H15F2NO2.